The van der Waals surface area contributed by atoms with Crippen molar-refractivity contribution >= 4 is 11.9 Å². The van der Waals surface area contributed by atoms with Crippen LogP contribution in [0, 0.1) is 0 Å². The Morgan fingerprint density at radius 2 is 0.625 bits per heavy atom. The summed E-state index contributed by atoms with van der Waals surface area (Å²) >= 11 is 0. The fourth-order valence-electron chi connectivity index (χ4n) is 11.1. The third-order valence-electron chi connectivity index (χ3n) is 16.6. The van der Waals surface area contributed by atoms with Crippen molar-refractivity contribution in [1.82, 2.24) is 5.32 Å². The molecule has 0 rings (SSSR count). The summed E-state index contributed by atoms with van der Waals surface area (Å²) in [4.78, 5) is 24.6. The lowest BCUT2D eigenvalue weighted by Gasteiger charge is -2.20. The van der Waals surface area contributed by atoms with E-state index in [2.05, 4.69) is 55.6 Å². The van der Waals surface area contributed by atoms with Gasteiger partial charge >= 0.3 is 5.97 Å². The minimum absolute atomic E-state index is 0.0137. The second kappa shape index (κ2) is 69.3. The number of ether oxygens (including phenoxy) is 1. The molecule has 0 fully saturated rings. The molecule has 1 amide bonds. The number of unbranched alkanes of at least 4 members (excludes halogenated alkanes) is 50. The zero-order chi connectivity index (χ0) is 57.8. The van der Waals surface area contributed by atoms with Crippen LogP contribution in [0.1, 0.15) is 386 Å². The molecule has 0 saturated carbocycles. The monoisotopic (exact) mass is 1120 g/mol. The number of allylic oxidation sites excluding steroid dienone is 7. The van der Waals surface area contributed by atoms with E-state index in [1.165, 1.54) is 308 Å². The van der Waals surface area contributed by atoms with Crippen LogP contribution < -0.4 is 5.32 Å². The molecule has 0 aromatic carbocycles. The van der Waals surface area contributed by atoms with Gasteiger partial charge in [-0.2, -0.15) is 0 Å². The van der Waals surface area contributed by atoms with Crippen LogP contribution in [0.15, 0.2) is 48.6 Å². The lowest BCUT2D eigenvalue weighted by molar-refractivity contribution is -0.143. The van der Waals surface area contributed by atoms with E-state index in [9.17, 15) is 19.8 Å². The van der Waals surface area contributed by atoms with Crippen molar-refractivity contribution < 1.29 is 24.5 Å². The molecule has 0 heterocycles. The summed E-state index contributed by atoms with van der Waals surface area (Å²) in [5.41, 5.74) is 0. The lowest BCUT2D eigenvalue weighted by atomic mass is 10.0. The maximum atomic E-state index is 12.5. The van der Waals surface area contributed by atoms with Gasteiger partial charge in [0.1, 0.15) is 0 Å². The van der Waals surface area contributed by atoms with Gasteiger partial charge in [0.05, 0.1) is 25.4 Å². The Kier molecular flexibility index (Phi) is 67.4. The van der Waals surface area contributed by atoms with Gasteiger partial charge in [0.15, 0.2) is 0 Å². The number of nitrogens with one attached hydrogen (secondary N) is 1. The van der Waals surface area contributed by atoms with E-state index in [1.54, 1.807) is 6.08 Å². The zero-order valence-electron chi connectivity index (χ0n) is 53.8. The minimum atomic E-state index is -0.843. The molecule has 6 heteroatoms. The predicted octanol–water partition coefficient (Wildman–Crippen LogP) is 23.3. The number of hydrogen-bond acceptors (Lipinski definition) is 5. The molecule has 0 aliphatic heterocycles. The minimum Gasteiger partial charge on any atom is -0.466 e. The van der Waals surface area contributed by atoms with Gasteiger partial charge in [-0.1, -0.05) is 332 Å². The molecule has 2 unspecified atom stereocenters. The Bertz CT molecular complexity index is 1340. The number of aliphatic hydroxyl groups excluding tert-OH is 2. The van der Waals surface area contributed by atoms with Crippen molar-refractivity contribution in [3.05, 3.63) is 48.6 Å². The van der Waals surface area contributed by atoms with Crippen molar-refractivity contribution in [2.75, 3.05) is 13.2 Å². The molecule has 0 spiro atoms. The highest BCUT2D eigenvalue weighted by Gasteiger charge is 2.18. The Labute approximate surface area is 499 Å². The average Bonchev–Trinajstić information content (AvgIpc) is 3.46. The smallest absolute Gasteiger partial charge is 0.305 e. The maximum Gasteiger partial charge on any atom is 0.305 e. The SMILES string of the molecule is CCCCC/C=C\C/C=C\CCCCCCCCCCCC(=O)OCCCCCCCCCCCCCC/C=C\CCCCCCCCCCCCCCCCCC(=O)NC(CO)C(O)/C=C/CCCCCCCCCCCCC. The summed E-state index contributed by atoms with van der Waals surface area (Å²) in [6.07, 6.45) is 90.6. The van der Waals surface area contributed by atoms with Crippen LogP contribution >= 0.6 is 0 Å². The van der Waals surface area contributed by atoms with Crippen LogP contribution in [0.2, 0.25) is 0 Å². The van der Waals surface area contributed by atoms with Crippen molar-refractivity contribution in [2.45, 2.75) is 398 Å². The molecule has 0 saturated heterocycles. The van der Waals surface area contributed by atoms with Gasteiger partial charge in [-0.15, -0.1) is 0 Å². The zero-order valence-corrected chi connectivity index (χ0v) is 53.8. The van der Waals surface area contributed by atoms with Crippen molar-refractivity contribution in [3.8, 4) is 0 Å². The first kappa shape index (κ1) is 77.8. The third-order valence-corrected chi connectivity index (χ3v) is 16.6. The number of amides is 1. The Morgan fingerprint density at radius 3 is 0.988 bits per heavy atom. The number of aliphatic hydroxyl groups is 2. The van der Waals surface area contributed by atoms with Crippen molar-refractivity contribution in [3.63, 3.8) is 0 Å². The fourth-order valence-corrected chi connectivity index (χ4v) is 11.1. The summed E-state index contributed by atoms with van der Waals surface area (Å²) in [7, 11) is 0. The molecule has 0 bridgehead atoms. The first-order chi connectivity index (χ1) is 39.5. The summed E-state index contributed by atoms with van der Waals surface area (Å²) in [6.45, 7) is 4.90. The van der Waals surface area contributed by atoms with Crippen LogP contribution in [0.4, 0.5) is 0 Å². The highest BCUT2D eigenvalue weighted by molar-refractivity contribution is 5.76. The van der Waals surface area contributed by atoms with Crippen molar-refractivity contribution in [1.29, 1.82) is 0 Å². The van der Waals surface area contributed by atoms with Gasteiger partial charge in [-0.25, -0.2) is 0 Å². The van der Waals surface area contributed by atoms with E-state index in [0.717, 1.165) is 51.4 Å². The van der Waals surface area contributed by atoms with Gasteiger partial charge in [0.2, 0.25) is 5.91 Å². The van der Waals surface area contributed by atoms with Crippen LogP contribution in [0.5, 0.6) is 0 Å². The molecule has 0 aromatic heterocycles. The van der Waals surface area contributed by atoms with Crippen LogP contribution in [-0.4, -0.2) is 47.4 Å². The second-order valence-electron chi connectivity index (χ2n) is 24.6. The predicted molar refractivity (Wildman–Crippen MR) is 352 cm³/mol. The molecule has 3 N–H and O–H groups in total. The Morgan fingerprint density at radius 1 is 0.350 bits per heavy atom. The third kappa shape index (κ3) is 65.0. The normalized spacial score (nSPS) is 12.8. The van der Waals surface area contributed by atoms with Crippen LogP contribution in [0.25, 0.3) is 0 Å². The molecule has 470 valence electrons. The van der Waals surface area contributed by atoms with Gasteiger partial charge < -0.3 is 20.3 Å². The van der Waals surface area contributed by atoms with Crippen LogP contribution in [0.3, 0.4) is 0 Å². The topological polar surface area (TPSA) is 95.9 Å². The summed E-state index contributed by atoms with van der Waals surface area (Å²) in [6, 6.07) is -0.626. The van der Waals surface area contributed by atoms with Crippen molar-refractivity contribution in [2.24, 2.45) is 0 Å². The van der Waals surface area contributed by atoms with E-state index >= 15 is 0 Å². The number of carbonyl (C=O) groups is 2. The van der Waals surface area contributed by atoms with Crippen LogP contribution in [-0.2, 0) is 14.3 Å². The molecule has 0 aliphatic rings. The molecule has 6 nitrogen and oxygen atoms in total. The van der Waals surface area contributed by atoms with Gasteiger partial charge in [0.25, 0.3) is 0 Å². The van der Waals surface area contributed by atoms with E-state index < -0.39 is 12.1 Å². The first-order valence-corrected chi connectivity index (χ1v) is 35.9. The molecule has 0 aliphatic carbocycles. The fraction of sp³-hybridized carbons (Fsp3) is 0.865. The number of hydrogen-bond donors (Lipinski definition) is 3. The van der Waals surface area contributed by atoms with E-state index in [0.29, 0.717) is 19.4 Å². The molecule has 2 atom stereocenters. The standard InChI is InChI=1S/C74H139NO5/c1-3-5-7-9-11-13-15-17-18-19-33-37-40-44-48-52-56-60-64-68-74(79)80-69-65-61-57-53-49-45-41-38-35-32-30-28-26-24-22-20-21-23-25-27-29-31-34-36-39-43-47-51-55-59-63-67-73(78)75-71(70-76)72(77)66-62-58-54-50-46-42-16-14-12-10-8-6-4-2/h11,13,17-18,22,24,62,66,71-72,76-77H,3-10,12,14-16,19-21,23,25-61,63-65,67-70H2,1-2H3,(H,75,78)/b13-11-,18-17-,24-22-,66-62+. The highest BCUT2D eigenvalue weighted by Crippen LogP contribution is 2.18. The maximum absolute atomic E-state index is 12.5. The molecule has 0 aromatic rings. The lowest BCUT2D eigenvalue weighted by Crippen LogP contribution is -2.45. The Hall–Kier alpha value is -2.18. The van der Waals surface area contributed by atoms with Gasteiger partial charge in [-0.3, -0.25) is 9.59 Å². The first-order valence-electron chi connectivity index (χ1n) is 35.9. The Balaban J connectivity index is 3.36. The largest absolute Gasteiger partial charge is 0.466 e. The number of carbonyl (C=O) groups excluding carboxylic acids is 2. The second-order valence-corrected chi connectivity index (χ2v) is 24.6. The molecular weight excluding hydrogens is 983 g/mol. The molecule has 0 radical (unpaired) electrons. The van der Waals surface area contributed by atoms with Gasteiger partial charge in [-0.05, 0) is 89.9 Å². The molecular formula is C74H139NO5. The summed E-state index contributed by atoms with van der Waals surface area (Å²) in [5.74, 6) is -0.0512. The van der Waals surface area contributed by atoms with E-state index in [-0.39, 0.29) is 18.5 Å². The summed E-state index contributed by atoms with van der Waals surface area (Å²) < 4.78 is 5.51. The highest BCUT2D eigenvalue weighted by atomic mass is 16.5. The van der Waals surface area contributed by atoms with Gasteiger partial charge in [0, 0.05) is 12.8 Å². The van der Waals surface area contributed by atoms with E-state index in [1.807, 2.05) is 6.08 Å². The number of esters is 1. The summed E-state index contributed by atoms with van der Waals surface area (Å²) in [5, 5.41) is 23.1. The quantitative estimate of drug-likeness (QED) is 0.0320. The number of rotatable bonds is 67. The van der Waals surface area contributed by atoms with E-state index in [4.69, 9.17) is 4.74 Å². The average molecular weight is 1120 g/mol. The molecule has 80 heavy (non-hydrogen) atoms.